The number of carbonyl (C=O) groups excluding carboxylic acids is 1. The summed E-state index contributed by atoms with van der Waals surface area (Å²) in [4.78, 5) is 26.3. The first kappa shape index (κ1) is 15.4. The number of non-ortho nitro benzene ring substituents is 1. The van der Waals surface area contributed by atoms with E-state index in [1.165, 1.54) is 24.3 Å². The van der Waals surface area contributed by atoms with Gasteiger partial charge in [0, 0.05) is 17.7 Å². The lowest BCUT2D eigenvalue weighted by Gasteiger charge is -2.02. The quantitative estimate of drug-likeness (QED) is 0.307. The highest BCUT2D eigenvalue weighted by Gasteiger charge is 2.13. The number of hydrogen-bond donors (Lipinski definition) is 0. The molecule has 0 spiro atoms. The fraction of sp³-hybridized carbons (Fsp3) is 0.0588. The van der Waals surface area contributed by atoms with Crippen molar-refractivity contribution < 1.29 is 18.9 Å². The summed E-state index contributed by atoms with van der Waals surface area (Å²) in [7, 11) is 0. The third-order valence-electron chi connectivity index (χ3n) is 3.28. The van der Waals surface area contributed by atoms with Crippen molar-refractivity contribution >= 4 is 22.8 Å². The van der Waals surface area contributed by atoms with Crippen molar-refractivity contribution in [3.8, 4) is 11.5 Å². The van der Waals surface area contributed by atoms with Crippen LogP contribution in [0.4, 0.5) is 5.69 Å². The Labute approximate surface area is 136 Å². The number of nitro benzene ring substituents is 1. The molecule has 0 fully saturated rings. The van der Waals surface area contributed by atoms with E-state index >= 15 is 0 Å². The lowest BCUT2D eigenvalue weighted by molar-refractivity contribution is -0.384. The second-order valence-corrected chi connectivity index (χ2v) is 4.89. The lowest BCUT2D eigenvalue weighted by atomic mass is 10.1. The molecule has 24 heavy (non-hydrogen) atoms. The number of rotatable bonds is 5. The average molecular weight is 324 g/mol. The van der Waals surface area contributed by atoms with Crippen LogP contribution in [0.2, 0.25) is 0 Å². The molecule has 0 aliphatic carbocycles. The Balaban J connectivity index is 1.88. The molecule has 120 valence electrons. The second-order valence-electron chi connectivity index (χ2n) is 4.89. The predicted molar refractivity (Wildman–Crippen MR) is 86.6 cm³/mol. The average Bonchev–Trinajstić information content (AvgIpc) is 3.02. The second kappa shape index (κ2) is 6.33. The van der Waals surface area contributed by atoms with Crippen LogP contribution in [0.3, 0.4) is 0 Å². The molecule has 3 aromatic rings. The van der Waals surface area contributed by atoms with Gasteiger partial charge in [-0.1, -0.05) is 12.7 Å². The van der Waals surface area contributed by atoms with Gasteiger partial charge >= 0.3 is 5.97 Å². The maximum Gasteiger partial charge on any atom is 0.338 e. The fourth-order valence-electron chi connectivity index (χ4n) is 2.12. The summed E-state index contributed by atoms with van der Waals surface area (Å²) < 4.78 is 10.5. The molecular formula is C17H12N2O5. The first-order valence-corrected chi connectivity index (χ1v) is 7.02. The summed E-state index contributed by atoms with van der Waals surface area (Å²) in [6, 6.07) is 10.7. The highest BCUT2D eigenvalue weighted by molar-refractivity contribution is 5.90. The van der Waals surface area contributed by atoms with Gasteiger partial charge in [0.1, 0.15) is 12.1 Å². The van der Waals surface area contributed by atoms with Crippen molar-refractivity contribution in [3.63, 3.8) is 0 Å². The monoisotopic (exact) mass is 324 g/mol. The Hall–Kier alpha value is -3.48. The Morgan fingerprint density at radius 1 is 1.29 bits per heavy atom. The van der Waals surface area contributed by atoms with E-state index in [1.54, 1.807) is 24.3 Å². The summed E-state index contributed by atoms with van der Waals surface area (Å²) >= 11 is 0. The number of ether oxygens (including phenoxy) is 1. The molecule has 3 rings (SSSR count). The van der Waals surface area contributed by atoms with Crippen LogP contribution in [0.15, 0.2) is 59.5 Å². The molecule has 0 aliphatic heterocycles. The zero-order chi connectivity index (χ0) is 17.1. The molecule has 0 saturated heterocycles. The smallest absolute Gasteiger partial charge is 0.338 e. The van der Waals surface area contributed by atoms with Gasteiger partial charge in [-0.15, -0.1) is 0 Å². The first-order valence-electron chi connectivity index (χ1n) is 7.02. The number of oxazole rings is 1. The summed E-state index contributed by atoms with van der Waals surface area (Å²) in [5, 5.41) is 10.8. The molecule has 2 aromatic carbocycles. The predicted octanol–water partition coefficient (Wildman–Crippen LogP) is 3.75. The van der Waals surface area contributed by atoms with E-state index in [1.807, 2.05) is 0 Å². The van der Waals surface area contributed by atoms with E-state index in [-0.39, 0.29) is 12.3 Å². The Bertz CT molecular complexity index is 928. The number of hydrogen-bond acceptors (Lipinski definition) is 6. The molecule has 1 aromatic heterocycles. The maximum atomic E-state index is 11.7. The number of fused-ring (bicyclic) bond motifs is 1. The molecule has 0 saturated carbocycles. The van der Waals surface area contributed by atoms with Crippen molar-refractivity contribution in [2.75, 3.05) is 6.61 Å². The molecule has 0 atom stereocenters. The minimum Gasteiger partial charge on any atom is -0.458 e. The van der Waals surface area contributed by atoms with E-state index < -0.39 is 10.9 Å². The summed E-state index contributed by atoms with van der Waals surface area (Å²) in [6.07, 6.45) is 1.49. The van der Waals surface area contributed by atoms with E-state index in [9.17, 15) is 14.9 Å². The van der Waals surface area contributed by atoms with Crippen LogP contribution < -0.4 is 0 Å². The van der Waals surface area contributed by atoms with Gasteiger partial charge in [0.05, 0.1) is 10.5 Å². The zero-order valence-electron chi connectivity index (χ0n) is 12.5. The topological polar surface area (TPSA) is 95.5 Å². The molecule has 0 radical (unpaired) electrons. The molecule has 0 bridgehead atoms. The SMILES string of the molecule is C=CCOC(=O)c1ccc(-c2nc3cc([N+](=O)[O-])ccc3o2)cc1. The number of nitrogens with zero attached hydrogens (tertiary/aromatic N) is 2. The van der Waals surface area contributed by atoms with Crippen molar-refractivity contribution in [2.45, 2.75) is 0 Å². The van der Waals surface area contributed by atoms with E-state index in [0.29, 0.717) is 28.1 Å². The van der Waals surface area contributed by atoms with Gasteiger partial charge in [0.25, 0.3) is 5.69 Å². The van der Waals surface area contributed by atoms with Crippen molar-refractivity contribution in [1.82, 2.24) is 4.98 Å². The lowest BCUT2D eigenvalue weighted by Crippen LogP contribution is -2.04. The number of esters is 1. The van der Waals surface area contributed by atoms with Gasteiger partial charge in [-0.3, -0.25) is 10.1 Å². The van der Waals surface area contributed by atoms with Gasteiger partial charge in [-0.05, 0) is 30.3 Å². The van der Waals surface area contributed by atoms with Crippen LogP contribution >= 0.6 is 0 Å². The van der Waals surface area contributed by atoms with E-state index in [2.05, 4.69) is 11.6 Å². The first-order chi connectivity index (χ1) is 11.6. The van der Waals surface area contributed by atoms with Crippen molar-refractivity contribution in [1.29, 1.82) is 0 Å². The molecule has 1 heterocycles. The third kappa shape index (κ3) is 3.00. The Kier molecular flexibility index (Phi) is 4.07. The minimum atomic E-state index is -0.489. The van der Waals surface area contributed by atoms with Gasteiger partial charge < -0.3 is 9.15 Å². The maximum absolute atomic E-state index is 11.7. The van der Waals surface area contributed by atoms with Crippen LogP contribution in [-0.2, 0) is 4.74 Å². The highest BCUT2D eigenvalue weighted by Crippen LogP contribution is 2.27. The van der Waals surface area contributed by atoms with Crippen LogP contribution in [-0.4, -0.2) is 22.5 Å². The number of nitro groups is 1. The number of benzene rings is 2. The van der Waals surface area contributed by atoms with Gasteiger partial charge in [-0.2, -0.15) is 0 Å². The van der Waals surface area contributed by atoms with E-state index in [4.69, 9.17) is 9.15 Å². The van der Waals surface area contributed by atoms with Gasteiger partial charge in [0.15, 0.2) is 5.58 Å². The van der Waals surface area contributed by atoms with Crippen LogP contribution in [0.5, 0.6) is 0 Å². The van der Waals surface area contributed by atoms with Crippen LogP contribution in [0.1, 0.15) is 10.4 Å². The molecular weight excluding hydrogens is 312 g/mol. The number of aromatic nitrogens is 1. The molecule has 0 unspecified atom stereocenters. The third-order valence-corrected chi connectivity index (χ3v) is 3.28. The van der Waals surface area contributed by atoms with Crippen LogP contribution in [0.25, 0.3) is 22.6 Å². The fourth-order valence-corrected chi connectivity index (χ4v) is 2.12. The highest BCUT2D eigenvalue weighted by atomic mass is 16.6. The number of carbonyl (C=O) groups is 1. The summed E-state index contributed by atoms with van der Waals surface area (Å²) in [6.45, 7) is 3.62. The minimum absolute atomic E-state index is 0.0531. The summed E-state index contributed by atoms with van der Waals surface area (Å²) in [5.74, 6) is -0.133. The van der Waals surface area contributed by atoms with Crippen molar-refractivity contribution in [3.05, 3.63) is 70.8 Å². The van der Waals surface area contributed by atoms with Crippen molar-refractivity contribution in [2.24, 2.45) is 0 Å². The largest absolute Gasteiger partial charge is 0.458 e. The van der Waals surface area contributed by atoms with E-state index in [0.717, 1.165) is 0 Å². The van der Waals surface area contributed by atoms with Gasteiger partial charge in [0.2, 0.25) is 5.89 Å². The Morgan fingerprint density at radius 3 is 2.71 bits per heavy atom. The van der Waals surface area contributed by atoms with Gasteiger partial charge in [-0.25, -0.2) is 9.78 Å². The molecule has 0 amide bonds. The normalized spacial score (nSPS) is 10.5. The molecule has 0 N–H and O–H groups in total. The summed E-state index contributed by atoms with van der Waals surface area (Å²) in [5.41, 5.74) is 1.84. The molecule has 7 heteroatoms. The standard InChI is InChI=1S/C17H12N2O5/c1-2-9-23-17(20)12-5-3-11(4-6-12)16-18-14-10-13(19(21)22)7-8-15(14)24-16/h2-8,10H,1,9H2. The molecule has 0 aliphatic rings. The Morgan fingerprint density at radius 2 is 2.04 bits per heavy atom. The zero-order valence-corrected chi connectivity index (χ0v) is 12.5. The molecule has 7 nitrogen and oxygen atoms in total. The van der Waals surface area contributed by atoms with Crippen LogP contribution in [0, 0.1) is 10.1 Å².